The summed E-state index contributed by atoms with van der Waals surface area (Å²) < 4.78 is 28.7. The third kappa shape index (κ3) is 4.60. The zero-order chi connectivity index (χ0) is 15.5. The number of hydrogen-bond donors (Lipinski definition) is 2. The van der Waals surface area contributed by atoms with E-state index in [1.54, 1.807) is 13.1 Å². The van der Waals surface area contributed by atoms with Gasteiger partial charge in [0, 0.05) is 24.5 Å². The Morgan fingerprint density at radius 2 is 2.10 bits per heavy atom. The number of nitrogens with zero attached hydrogens (tertiary/aromatic N) is 3. The van der Waals surface area contributed by atoms with Crippen molar-refractivity contribution in [3.8, 4) is 0 Å². The van der Waals surface area contributed by atoms with Gasteiger partial charge < -0.3 is 5.32 Å². The van der Waals surface area contributed by atoms with Crippen LogP contribution in [0.2, 0.25) is 0 Å². The monoisotopic (exact) mass is 329 g/mol. The van der Waals surface area contributed by atoms with Crippen molar-refractivity contribution < 1.29 is 8.42 Å². The van der Waals surface area contributed by atoms with Crippen LogP contribution in [0.5, 0.6) is 0 Å². The summed E-state index contributed by atoms with van der Waals surface area (Å²) in [6.07, 6.45) is 1.53. The van der Waals surface area contributed by atoms with Gasteiger partial charge in [-0.3, -0.25) is 4.68 Å². The van der Waals surface area contributed by atoms with E-state index in [9.17, 15) is 8.42 Å². The Morgan fingerprint density at radius 1 is 1.33 bits per heavy atom. The van der Waals surface area contributed by atoms with Gasteiger partial charge in [-0.25, -0.2) is 18.1 Å². The van der Waals surface area contributed by atoms with Gasteiger partial charge in [-0.15, -0.1) is 11.3 Å². The third-order valence-electron chi connectivity index (χ3n) is 2.65. The van der Waals surface area contributed by atoms with Crippen molar-refractivity contribution in [3.05, 3.63) is 29.2 Å². The molecule has 0 aliphatic rings. The van der Waals surface area contributed by atoms with Gasteiger partial charge in [-0.05, 0) is 12.1 Å². The molecule has 9 heteroatoms. The summed E-state index contributed by atoms with van der Waals surface area (Å²) in [6, 6.07) is 3.81. The zero-order valence-electron chi connectivity index (χ0n) is 12.2. The van der Waals surface area contributed by atoms with Crippen molar-refractivity contribution in [2.75, 3.05) is 0 Å². The molecule has 2 rings (SSSR count). The summed E-state index contributed by atoms with van der Waals surface area (Å²) in [5.74, 6) is 0.444. The van der Waals surface area contributed by atoms with E-state index < -0.39 is 10.0 Å². The summed E-state index contributed by atoms with van der Waals surface area (Å²) >= 11 is 1.26. The lowest BCUT2D eigenvalue weighted by Crippen LogP contribution is -2.23. The van der Waals surface area contributed by atoms with Crippen LogP contribution in [0.3, 0.4) is 0 Å². The van der Waals surface area contributed by atoms with E-state index in [0.717, 1.165) is 4.88 Å². The Bertz CT molecular complexity index is 690. The Kier molecular flexibility index (Phi) is 5.09. The van der Waals surface area contributed by atoms with E-state index in [-0.39, 0.29) is 6.54 Å². The van der Waals surface area contributed by atoms with E-state index in [4.69, 9.17) is 0 Å². The van der Waals surface area contributed by atoms with Crippen molar-refractivity contribution in [1.82, 2.24) is 24.8 Å². The van der Waals surface area contributed by atoms with Gasteiger partial charge in [0.1, 0.15) is 10.5 Å². The van der Waals surface area contributed by atoms with Crippen LogP contribution in [0.25, 0.3) is 0 Å². The van der Waals surface area contributed by atoms with Crippen LogP contribution >= 0.6 is 11.3 Å². The first-order chi connectivity index (χ1) is 9.87. The molecule has 0 bridgehead atoms. The normalized spacial score (nSPS) is 12.2. The predicted molar refractivity (Wildman–Crippen MR) is 81.3 cm³/mol. The third-order valence-corrected chi connectivity index (χ3v) is 5.63. The molecule has 0 saturated carbocycles. The number of aromatic nitrogens is 3. The highest BCUT2D eigenvalue weighted by Crippen LogP contribution is 2.21. The van der Waals surface area contributed by atoms with Crippen LogP contribution in [-0.4, -0.2) is 29.2 Å². The van der Waals surface area contributed by atoms with Crippen molar-refractivity contribution in [2.24, 2.45) is 7.05 Å². The lowest BCUT2D eigenvalue weighted by atomic mass is 10.4. The maximum Gasteiger partial charge on any atom is 0.250 e. The first-order valence-electron chi connectivity index (χ1n) is 6.53. The highest BCUT2D eigenvalue weighted by Gasteiger charge is 2.17. The molecule has 2 N–H and O–H groups in total. The van der Waals surface area contributed by atoms with Crippen molar-refractivity contribution in [3.63, 3.8) is 0 Å². The summed E-state index contributed by atoms with van der Waals surface area (Å²) in [6.45, 7) is 4.85. The first-order valence-corrected chi connectivity index (χ1v) is 8.83. The molecule has 0 amide bonds. The number of aryl methyl sites for hydroxylation is 1. The van der Waals surface area contributed by atoms with Crippen LogP contribution in [-0.2, 0) is 30.2 Å². The van der Waals surface area contributed by atoms with Gasteiger partial charge >= 0.3 is 0 Å². The first kappa shape index (κ1) is 16.1. The molecule has 2 aromatic heterocycles. The molecule has 0 radical (unpaired) electrons. The van der Waals surface area contributed by atoms with Crippen molar-refractivity contribution in [2.45, 2.75) is 37.2 Å². The molecule has 0 fully saturated rings. The number of thiophene rings is 1. The van der Waals surface area contributed by atoms with E-state index >= 15 is 0 Å². The largest absolute Gasteiger partial charge is 0.310 e. The molecule has 0 atom stereocenters. The Morgan fingerprint density at radius 3 is 2.71 bits per heavy atom. The fourth-order valence-corrected chi connectivity index (χ4v) is 3.93. The van der Waals surface area contributed by atoms with Gasteiger partial charge in [0.05, 0.1) is 6.54 Å². The van der Waals surface area contributed by atoms with Gasteiger partial charge in [-0.1, -0.05) is 13.8 Å². The predicted octanol–water partition coefficient (Wildman–Crippen LogP) is 0.853. The second-order valence-electron chi connectivity index (χ2n) is 4.92. The highest BCUT2D eigenvalue weighted by molar-refractivity contribution is 7.91. The van der Waals surface area contributed by atoms with Crippen LogP contribution in [0.15, 0.2) is 22.7 Å². The van der Waals surface area contributed by atoms with Gasteiger partial charge in [-0.2, -0.15) is 5.10 Å². The number of rotatable bonds is 7. The van der Waals surface area contributed by atoms with Gasteiger partial charge in [0.25, 0.3) is 0 Å². The molecule has 0 aliphatic carbocycles. The van der Waals surface area contributed by atoms with Crippen molar-refractivity contribution >= 4 is 21.4 Å². The Hall–Kier alpha value is -1.29. The van der Waals surface area contributed by atoms with Crippen LogP contribution < -0.4 is 10.0 Å². The number of hydrogen-bond acceptors (Lipinski definition) is 6. The summed E-state index contributed by atoms with van der Waals surface area (Å²) in [5, 5.41) is 7.29. The molecule has 2 aromatic rings. The topological polar surface area (TPSA) is 88.9 Å². The quantitative estimate of drug-likeness (QED) is 0.786. The minimum Gasteiger partial charge on any atom is -0.310 e. The molecule has 2 heterocycles. The molecule has 21 heavy (non-hydrogen) atoms. The standard InChI is InChI=1S/C12H19N5O2S2/c1-9(2)13-6-10-4-5-12(20-10)21(18,19)15-7-11-14-8-17(3)16-11/h4-5,8-9,13,15H,6-7H2,1-3H3. The lowest BCUT2D eigenvalue weighted by molar-refractivity contribution is 0.580. The van der Waals surface area contributed by atoms with E-state index in [0.29, 0.717) is 22.6 Å². The Balaban J connectivity index is 1.99. The molecule has 0 aliphatic heterocycles. The molecular weight excluding hydrogens is 310 g/mol. The maximum absolute atomic E-state index is 12.2. The fraction of sp³-hybridized carbons (Fsp3) is 0.500. The fourth-order valence-electron chi connectivity index (χ4n) is 1.60. The summed E-state index contributed by atoms with van der Waals surface area (Å²) in [7, 11) is -1.78. The second-order valence-corrected chi connectivity index (χ2v) is 8.08. The molecule has 0 spiro atoms. The minimum atomic E-state index is -3.52. The van der Waals surface area contributed by atoms with Crippen LogP contribution in [0, 0.1) is 0 Å². The molecule has 0 aromatic carbocycles. The average molecular weight is 329 g/mol. The zero-order valence-corrected chi connectivity index (χ0v) is 13.8. The van der Waals surface area contributed by atoms with Crippen molar-refractivity contribution in [1.29, 1.82) is 0 Å². The molecule has 7 nitrogen and oxygen atoms in total. The maximum atomic E-state index is 12.2. The van der Waals surface area contributed by atoms with Crippen LogP contribution in [0.1, 0.15) is 24.5 Å². The molecular formula is C12H19N5O2S2. The molecule has 0 unspecified atom stereocenters. The summed E-state index contributed by atoms with van der Waals surface area (Å²) in [5.41, 5.74) is 0. The van der Waals surface area contributed by atoms with E-state index in [1.807, 2.05) is 19.9 Å². The highest BCUT2D eigenvalue weighted by atomic mass is 32.2. The van der Waals surface area contributed by atoms with E-state index in [1.165, 1.54) is 22.3 Å². The van der Waals surface area contributed by atoms with Gasteiger partial charge in [0.2, 0.25) is 10.0 Å². The number of nitrogens with one attached hydrogen (secondary N) is 2. The number of sulfonamides is 1. The lowest BCUT2D eigenvalue weighted by Gasteiger charge is -2.05. The minimum absolute atomic E-state index is 0.0840. The Labute approximate surface area is 128 Å². The SMILES string of the molecule is CC(C)NCc1ccc(S(=O)(=O)NCc2ncn(C)n2)s1. The van der Waals surface area contributed by atoms with Gasteiger partial charge in [0.15, 0.2) is 5.82 Å². The van der Waals surface area contributed by atoms with Crippen LogP contribution in [0.4, 0.5) is 0 Å². The smallest absolute Gasteiger partial charge is 0.250 e. The summed E-state index contributed by atoms with van der Waals surface area (Å²) in [4.78, 5) is 4.97. The average Bonchev–Trinajstić information content (AvgIpc) is 3.03. The second kappa shape index (κ2) is 6.65. The molecule has 116 valence electrons. The molecule has 0 saturated heterocycles. The van der Waals surface area contributed by atoms with E-state index in [2.05, 4.69) is 20.1 Å².